The van der Waals surface area contributed by atoms with Crippen LogP contribution in [0.1, 0.15) is 25.3 Å². The molecule has 1 amide bonds. The lowest BCUT2D eigenvalue weighted by Gasteiger charge is -2.13. The van der Waals surface area contributed by atoms with Gasteiger partial charge in [0, 0.05) is 25.0 Å². The first-order chi connectivity index (χ1) is 11.1. The zero-order chi connectivity index (χ0) is 16.7. The summed E-state index contributed by atoms with van der Waals surface area (Å²) in [6.07, 6.45) is 5.14. The molecule has 1 unspecified atom stereocenters. The number of aliphatic hydroxyl groups is 1. The molecule has 1 aromatic carbocycles. The first-order valence-electron chi connectivity index (χ1n) is 7.74. The Kier molecular flexibility index (Phi) is 6.67. The summed E-state index contributed by atoms with van der Waals surface area (Å²) >= 11 is 1.42. The first-order valence-corrected chi connectivity index (χ1v) is 8.72. The molecule has 0 aliphatic carbocycles. The van der Waals surface area contributed by atoms with Crippen molar-refractivity contribution in [1.29, 1.82) is 0 Å². The summed E-state index contributed by atoms with van der Waals surface area (Å²) in [7, 11) is 0. The minimum Gasteiger partial charge on any atom is -0.396 e. The van der Waals surface area contributed by atoms with E-state index in [-0.39, 0.29) is 18.6 Å². The Labute approximate surface area is 141 Å². The Morgan fingerprint density at radius 1 is 1.43 bits per heavy atom. The fourth-order valence-electron chi connectivity index (χ4n) is 2.33. The van der Waals surface area contributed by atoms with Gasteiger partial charge in [-0.25, -0.2) is 4.98 Å². The number of nitrogens with one attached hydrogen (secondary N) is 1. The number of hydrogen-bond acceptors (Lipinski definition) is 4. The molecule has 5 nitrogen and oxygen atoms in total. The van der Waals surface area contributed by atoms with E-state index in [1.54, 1.807) is 6.20 Å². The van der Waals surface area contributed by atoms with E-state index in [0.717, 1.165) is 22.8 Å². The Bertz CT molecular complexity index is 642. The van der Waals surface area contributed by atoms with Crippen molar-refractivity contribution in [2.24, 2.45) is 0 Å². The first kappa shape index (κ1) is 17.6. The second-order valence-electron chi connectivity index (χ2n) is 5.49. The molecule has 1 heterocycles. The monoisotopic (exact) mass is 333 g/mol. The van der Waals surface area contributed by atoms with E-state index in [9.17, 15) is 4.79 Å². The number of aliphatic hydroxyl groups excluding tert-OH is 1. The summed E-state index contributed by atoms with van der Waals surface area (Å²) in [4.78, 5) is 16.3. The standard InChI is InChI=1S/C17H23N3O2S/c1-13-6-3-4-8-15(13)20-10-9-18-17(20)23-12-16(22)19-14(2)7-5-11-21/h3-4,6,8-10,14,21H,5,7,11-12H2,1-2H3,(H,19,22). The van der Waals surface area contributed by atoms with E-state index in [0.29, 0.717) is 12.2 Å². The SMILES string of the molecule is Cc1ccccc1-n1ccnc1SCC(=O)NC(C)CCCO. The lowest BCUT2D eigenvalue weighted by molar-refractivity contribution is -0.119. The Morgan fingerprint density at radius 2 is 2.22 bits per heavy atom. The van der Waals surface area contributed by atoms with Crippen LogP contribution in [0.5, 0.6) is 0 Å². The predicted molar refractivity (Wildman–Crippen MR) is 92.9 cm³/mol. The molecule has 0 spiro atoms. The molecule has 1 atom stereocenters. The summed E-state index contributed by atoms with van der Waals surface area (Å²) in [6.45, 7) is 4.16. The number of para-hydroxylation sites is 1. The van der Waals surface area contributed by atoms with Crippen molar-refractivity contribution < 1.29 is 9.90 Å². The van der Waals surface area contributed by atoms with Gasteiger partial charge in [-0.15, -0.1) is 0 Å². The normalized spacial score (nSPS) is 12.1. The highest BCUT2D eigenvalue weighted by molar-refractivity contribution is 7.99. The molecule has 0 bridgehead atoms. The second-order valence-corrected chi connectivity index (χ2v) is 6.43. The second kappa shape index (κ2) is 8.74. The fraction of sp³-hybridized carbons (Fsp3) is 0.412. The average molecular weight is 333 g/mol. The Morgan fingerprint density at radius 3 is 2.96 bits per heavy atom. The summed E-state index contributed by atoms with van der Waals surface area (Å²) in [5.41, 5.74) is 2.23. The number of rotatable bonds is 8. The van der Waals surface area contributed by atoms with E-state index < -0.39 is 0 Å². The zero-order valence-corrected chi connectivity index (χ0v) is 14.3. The lowest BCUT2D eigenvalue weighted by Crippen LogP contribution is -2.34. The largest absolute Gasteiger partial charge is 0.396 e. The van der Waals surface area contributed by atoms with Gasteiger partial charge in [0.25, 0.3) is 0 Å². The van der Waals surface area contributed by atoms with E-state index in [1.165, 1.54) is 11.8 Å². The lowest BCUT2D eigenvalue weighted by atomic mass is 10.2. The minimum absolute atomic E-state index is 0.0141. The van der Waals surface area contributed by atoms with Crippen LogP contribution in [0.25, 0.3) is 5.69 Å². The van der Waals surface area contributed by atoms with Gasteiger partial charge in [-0.05, 0) is 38.3 Å². The van der Waals surface area contributed by atoms with Gasteiger partial charge in [0.2, 0.25) is 5.91 Å². The third kappa shape index (κ3) is 5.11. The molecular weight excluding hydrogens is 310 g/mol. The molecule has 0 saturated carbocycles. The van der Waals surface area contributed by atoms with Gasteiger partial charge < -0.3 is 10.4 Å². The highest BCUT2D eigenvalue weighted by Gasteiger charge is 2.12. The van der Waals surface area contributed by atoms with Crippen LogP contribution in [-0.2, 0) is 4.79 Å². The number of nitrogens with zero attached hydrogens (tertiary/aromatic N) is 2. The minimum atomic E-state index is -0.0141. The van der Waals surface area contributed by atoms with Gasteiger partial charge in [0.05, 0.1) is 11.4 Å². The van der Waals surface area contributed by atoms with Crippen LogP contribution in [0.4, 0.5) is 0 Å². The van der Waals surface area contributed by atoms with Crippen LogP contribution < -0.4 is 5.32 Å². The van der Waals surface area contributed by atoms with E-state index in [4.69, 9.17) is 5.11 Å². The van der Waals surface area contributed by atoms with Crippen LogP contribution in [0, 0.1) is 6.92 Å². The molecule has 0 radical (unpaired) electrons. The number of amides is 1. The van der Waals surface area contributed by atoms with Crippen molar-refractivity contribution in [2.45, 2.75) is 37.9 Å². The summed E-state index contributed by atoms with van der Waals surface area (Å²) < 4.78 is 2.00. The number of aromatic nitrogens is 2. The van der Waals surface area contributed by atoms with Crippen LogP contribution in [0.2, 0.25) is 0 Å². The van der Waals surface area contributed by atoms with Crippen molar-refractivity contribution >= 4 is 17.7 Å². The van der Waals surface area contributed by atoms with Crippen molar-refractivity contribution in [2.75, 3.05) is 12.4 Å². The number of aryl methyl sites for hydroxylation is 1. The van der Waals surface area contributed by atoms with Crippen molar-refractivity contribution in [3.8, 4) is 5.69 Å². The molecule has 0 saturated heterocycles. The summed E-state index contributed by atoms with van der Waals surface area (Å²) in [5, 5.41) is 12.6. The smallest absolute Gasteiger partial charge is 0.230 e. The van der Waals surface area contributed by atoms with Crippen molar-refractivity contribution in [3.05, 3.63) is 42.2 Å². The molecule has 2 N–H and O–H groups in total. The maximum atomic E-state index is 12.0. The van der Waals surface area contributed by atoms with Gasteiger partial charge in [-0.1, -0.05) is 30.0 Å². The number of carbonyl (C=O) groups excluding carboxylic acids is 1. The number of benzene rings is 1. The van der Waals surface area contributed by atoms with E-state index >= 15 is 0 Å². The molecular formula is C17H23N3O2S. The van der Waals surface area contributed by atoms with Crippen molar-refractivity contribution in [3.63, 3.8) is 0 Å². The molecule has 0 aliphatic rings. The quantitative estimate of drug-likeness (QED) is 0.729. The summed E-state index contributed by atoms with van der Waals surface area (Å²) in [6, 6.07) is 8.17. The maximum Gasteiger partial charge on any atom is 0.230 e. The highest BCUT2D eigenvalue weighted by Crippen LogP contribution is 2.22. The molecule has 1 aromatic heterocycles. The van der Waals surface area contributed by atoms with Gasteiger partial charge >= 0.3 is 0 Å². The Balaban J connectivity index is 1.94. The number of thioether (sulfide) groups is 1. The zero-order valence-electron chi connectivity index (χ0n) is 13.5. The molecule has 2 aromatic rings. The average Bonchev–Trinajstić information content (AvgIpc) is 2.99. The number of carbonyl (C=O) groups is 1. The molecule has 0 fully saturated rings. The maximum absolute atomic E-state index is 12.0. The van der Waals surface area contributed by atoms with Crippen LogP contribution in [0.15, 0.2) is 41.8 Å². The van der Waals surface area contributed by atoms with Crippen LogP contribution >= 0.6 is 11.8 Å². The van der Waals surface area contributed by atoms with E-state index in [1.807, 2.05) is 35.9 Å². The number of hydrogen-bond donors (Lipinski definition) is 2. The van der Waals surface area contributed by atoms with Crippen molar-refractivity contribution in [1.82, 2.24) is 14.9 Å². The fourth-order valence-corrected chi connectivity index (χ4v) is 3.11. The molecule has 0 aliphatic heterocycles. The van der Waals surface area contributed by atoms with Gasteiger partial charge in [-0.3, -0.25) is 9.36 Å². The van der Waals surface area contributed by atoms with Crippen LogP contribution in [-0.4, -0.2) is 39.0 Å². The van der Waals surface area contributed by atoms with Gasteiger partial charge in [0.1, 0.15) is 0 Å². The summed E-state index contributed by atoms with van der Waals surface area (Å²) in [5.74, 6) is 0.312. The number of imidazole rings is 1. The highest BCUT2D eigenvalue weighted by atomic mass is 32.2. The molecule has 23 heavy (non-hydrogen) atoms. The predicted octanol–water partition coefficient (Wildman–Crippen LogP) is 2.55. The molecule has 2 rings (SSSR count). The van der Waals surface area contributed by atoms with Gasteiger partial charge in [-0.2, -0.15) is 0 Å². The Hall–Kier alpha value is -1.79. The molecule has 6 heteroatoms. The van der Waals surface area contributed by atoms with E-state index in [2.05, 4.69) is 23.3 Å². The van der Waals surface area contributed by atoms with Gasteiger partial charge in [0.15, 0.2) is 5.16 Å². The third-order valence-corrected chi connectivity index (χ3v) is 4.48. The molecule has 124 valence electrons. The third-order valence-electron chi connectivity index (χ3n) is 3.52. The van der Waals surface area contributed by atoms with Crippen LogP contribution in [0.3, 0.4) is 0 Å². The topological polar surface area (TPSA) is 67.2 Å².